The minimum Gasteiger partial charge on any atom is -0.0531 e. The smallest absolute Gasteiger partial charge is 0.0133 e. The highest BCUT2D eigenvalue weighted by molar-refractivity contribution is 14.1. The van der Waals surface area contributed by atoms with Gasteiger partial charge in [0.1, 0.15) is 0 Å². The normalized spacial score (nSPS) is 9.25. The number of hydrogen-bond acceptors (Lipinski definition) is 0. The first kappa shape index (κ1) is 6.08. The Morgan fingerprint density at radius 1 is 1.62 bits per heavy atom. The Morgan fingerprint density at radius 3 is 2.75 bits per heavy atom. The van der Waals surface area contributed by atoms with Crippen LogP contribution in [0.25, 0.3) is 0 Å². The molecule has 0 aliphatic carbocycles. The third-order valence-electron chi connectivity index (χ3n) is 0.908. The lowest BCUT2D eigenvalue weighted by Gasteiger charge is -1.88. The molecular formula is C7H6I. The van der Waals surface area contributed by atoms with E-state index in [0.29, 0.717) is 0 Å². The predicted octanol–water partition coefficient (Wildman–Crippen LogP) is 2.40. The van der Waals surface area contributed by atoms with Crippen molar-refractivity contribution in [2.75, 3.05) is 0 Å². The summed E-state index contributed by atoms with van der Waals surface area (Å²) in [7, 11) is 0. The second-order valence-electron chi connectivity index (χ2n) is 1.69. The number of benzene rings is 1. The van der Waals surface area contributed by atoms with Gasteiger partial charge in [-0.15, -0.1) is 0 Å². The van der Waals surface area contributed by atoms with Gasteiger partial charge in [-0.1, -0.05) is 6.07 Å². The van der Waals surface area contributed by atoms with E-state index < -0.39 is 0 Å². The molecule has 0 N–H and O–H groups in total. The molecule has 41 valence electrons. The maximum atomic E-state index is 3.07. The molecule has 0 heterocycles. The number of halogens is 1. The van der Waals surface area contributed by atoms with E-state index in [0.717, 1.165) is 0 Å². The van der Waals surface area contributed by atoms with Gasteiger partial charge in [-0.2, -0.15) is 0 Å². The summed E-state index contributed by atoms with van der Waals surface area (Å²) in [5.74, 6) is 0. The fourth-order valence-corrected chi connectivity index (χ4v) is 1.20. The number of aryl methyl sites for hydroxylation is 1. The summed E-state index contributed by atoms with van der Waals surface area (Å²) in [4.78, 5) is 0. The van der Waals surface area contributed by atoms with Crippen LogP contribution in [0.5, 0.6) is 0 Å². The van der Waals surface area contributed by atoms with Gasteiger partial charge in [0.2, 0.25) is 0 Å². The number of rotatable bonds is 0. The van der Waals surface area contributed by atoms with Crippen molar-refractivity contribution in [3.05, 3.63) is 33.4 Å². The zero-order valence-electron chi connectivity index (χ0n) is 4.61. The van der Waals surface area contributed by atoms with Gasteiger partial charge in [-0.05, 0) is 53.3 Å². The van der Waals surface area contributed by atoms with Gasteiger partial charge in [0.15, 0.2) is 0 Å². The second kappa shape index (κ2) is 2.49. The summed E-state index contributed by atoms with van der Waals surface area (Å²) in [6, 6.07) is 9.14. The van der Waals surface area contributed by atoms with E-state index in [1.807, 2.05) is 19.1 Å². The summed E-state index contributed by atoms with van der Waals surface area (Å²) in [5, 5.41) is 0. The summed E-state index contributed by atoms with van der Waals surface area (Å²) >= 11 is 2.29. The van der Waals surface area contributed by atoms with Gasteiger partial charge >= 0.3 is 0 Å². The predicted molar refractivity (Wildman–Crippen MR) is 42.7 cm³/mol. The highest BCUT2D eigenvalue weighted by atomic mass is 127. The fraction of sp³-hybridized carbons (Fsp3) is 0.143. The minimum atomic E-state index is 1.21. The van der Waals surface area contributed by atoms with Crippen molar-refractivity contribution < 1.29 is 0 Å². The van der Waals surface area contributed by atoms with Crippen LogP contribution in [-0.4, -0.2) is 0 Å². The molecule has 0 saturated heterocycles. The van der Waals surface area contributed by atoms with E-state index in [1.54, 1.807) is 0 Å². The molecule has 0 aromatic heterocycles. The molecule has 8 heavy (non-hydrogen) atoms. The first-order chi connectivity index (χ1) is 3.79. The first-order valence-electron chi connectivity index (χ1n) is 2.43. The SMILES string of the molecule is Cc1[c]ccc(I)c1. The van der Waals surface area contributed by atoms with Crippen molar-refractivity contribution >= 4 is 22.6 Å². The average molecular weight is 217 g/mol. The quantitative estimate of drug-likeness (QED) is 0.585. The molecule has 0 atom stereocenters. The molecule has 1 radical (unpaired) electrons. The summed E-state index contributed by atoms with van der Waals surface area (Å²) in [5.41, 5.74) is 1.21. The zero-order chi connectivity index (χ0) is 5.98. The Bertz CT molecular complexity index is 164. The van der Waals surface area contributed by atoms with Crippen LogP contribution < -0.4 is 0 Å². The molecule has 1 aromatic rings. The van der Waals surface area contributed by atoms with E-state index in [2.05, 4.69) is 34.7 Å². The van der Waals surface area contributed by atoms with Gasteiger partial charge < -0.3 is 0 Å². The summed E-state index contributed by atoms with van der Waals surface area (Å²) in [6.07, 6.45) is 0. The lowest BCUT2D eigenvalue weighted by molar-refractivity contribution is 1.44. The summed E-state index contributed by atoms with van der Waals surface area (Å²) in [6.45, 7) is 2.04. The third-order valence-corrected chi connectivity index (χ3v) is 1.58. The van der Waals surface area contributed by atoms with Crippen LogP contribution in [0.3, 0.4) is 0 Å². The maximum Gasteiger partial charge on any atom is 0.0133 e. The van der Waals surface area contributed by atoms with Crippen LogP contribution in [0, 0.1) is 16.6 Å². The highest BCUT2D eigenvalue weighted by Crippen LogP contribution is 2.04. The van der Waals surface area contributed by atoms with Crippen LogP contribution in [0.2, 0.25) is 0 Å². The van der Waals surface area contributed by atoms with E-state index in [4.69, 9.17) is 0 Å². The first-order valence-corrected chi connectivity index (χ1v) is 3.51. The van der Waals surface area contributed by atoms with E-state index in [9.17, 15) is 0 Å². The Morgan fingerprint density at radius 2 is 2.38 bits per heavy atom. The van der Waals surface area contributed by atoms with Gasteiger partial charge in [0.05, 0.1) is 0 Å². The molecule has 0 spiro atoms. The topological polar surface area (TPSA) is 0 Å². The molecule has 0 fully saturated rings. The van der Waals surface area contributed by atoms with E-state index >= 15 is 0 Å². The van der Waals surface area contributed by atoms with Crippen molar-refractivity contribution in [3.63, 3.8) is 0 Å². The number of hydrogen-bond donors (Lipinski definition) is 0. The fourth-order valence-electron chi connectivity index (χ4n) is 0.549. The third kappa shape index (κ3) is 1.47. The zero-order valence-corrected chi connectivity index (χ0v) is 6.77. The Labute approximate surface area is 63.1 Å². The van der Waals surface area contributed by atoms with Gasteiger partial charge in [0, 0.05) is 3.57 Å². The molecule has 1 aromatic carbocycles. The molecule has 0 bridgehead atoms. The van der Waals surface area contributed by atoms with Crippen LogP contribution >= 0.6 is 22.6 Å². The van der Waals surface area contributed by atoms with Crippen LogP contribution in [0.4, 0.5) is 0 Å². The highest BCUT2D eigenvalue weighted by Gasteiger charge is 1.83. The van der Waals surface area contributed by atoms with Crippen LogP contribution in [0.1, 0.15) is 5.56 Å². The minimum absolute atomic E-state index is 1.21. The standard InChI is InChI=1S/C7H6I/c1-6-3-2-4-7(8)5-6/h2,4-5H,1H3. The largest absolute Gasteiger partial charge is 0.0531 e. The maximum absolute atomic E-state index is 3.07. The van der Waals surface area contributed by atoms with Gasteiger partial charge in [-0.25, -0.2) is 0 Å². The average Bonchev–Trinajstić information content (AvgIpc) is 1.64. The molecule has 0 amide bonds. The van der Waals surface area contributed by atoms with Crippen LogP contribution in [-0.2, 0) is 0 Å². The molecule has 0 unspecified atom stereocenters. The molecule has 0 aliphatic rings. The Hall–Kier alpha value is -0.0500. The lowest BCUT2D eigenvalue weighted by Crippen LogP contribution is -1.71. The van der Waals surface area contributed by atoms with E-state index in [1.165, 1.54) is 9.13 Å². The van der Waals surface area contributed by atoms with Crippen molar-refractivity contribution in [2.45, 2.75) is 6.92 Å². The van der Waals surface area contributed by atoms with Crippen molar-refractivity contribution in [1.29, 1.82) is 0 Å². The molecule has 1 heteroatoms. The molecule has 0 saturated carbocycles. The van der Waals surface area contributed by atoms with Crippen molar-refractivity contribution in [1.82, 2.24) is 0 Å². The molecule has 1 rings (SSSR count). The molecule has 0 nitrogen and oxygen atoms in total. The van der Waals surface area contributed by atoms with Gasteiger partial charge in [-0.3, -0.25) is 0 Å². The van der Waals surface area contributed by atoms with Crippen LogP contribution in [0.15, 0.2) is 18.2 Å². The Kier molecular flexibility index (Phi) is 1.89. The monoisotopic (exact) mass is 217 g/mol. The van der Waals surface area contributed by atoms with Gasteiger partial charge in [0.25, 0.3) is 0 Å². The lowest BCUT2D eigenvalue weighted by atomic mass is 10.2. The second-order valence-corrected chi connectivity index (χ2v) is 2.94. The van der Waals surface area contributed by atoms with Crippen molar-refractivity contribution in [3.8, 4) is 0 Å². The molecule has 0 aliphatic heterocycles. The Balaban J connectivity index is 3.08. The van der Waals surface area contributed by atoms with Crippen molar-refractivity contribution in [2.24, 2.45) is 0 Å². The summed E-state index contributed by atoms with van der Waals surface area (Å²) < 4.78 is 1.28. The molecular weight excluding hydrogens is 211 g/mol. The van der Waals surface area contributed by atoms with E-state index in [-0.39, 0.29) is 0 Å².